The fourth-order valence-electron chi connectivity index (χ4n) is 4.88. The highest BCUT2D eigenvalue weighted by molar-refractivity contribution is 7.89. The number of sulfonamides is 1. The lowest BCUT2D eigenvalue weighted by Gasteiger charge is -2.50. The molecule has 0 bridgehead atoms. The summed E-state index contributed by atoms with van der Waals surface area (Å²) in [5.74, 6) is 6.72. The molecule has 3 atom stereocenters. The maximum atomic E-state index is 13.3. The Labute approximate surface area is 190 Å². The van der Waals surface area contributed by atoms with Gasteiger partial charge in [0.1, 0.15) is 6.04 Å². The number of hydrogen-bond donors (Lipinski definition) is 1. The van der Waals surface area contributed by atoms with Crippen molar-refractivity contribution in [2.75, 3.05) is 6.61 Å². The van der Waals surface area contributed by atoms with Crippen LogP contribution in [0.5, 0.6) is 0 Å². The van der Waals surface area contributed by atoms with Gasteiger partial charge in [-0.2, -0.15) is 9.57 Å². The first-order valence-electron chi connectivity index (χ1n) is 11.2. The molecule has 4 rings (SSSR count). The minimum Gasteiger partial charge on any atom is -0.395 e. The average Bonchev–Trinajstić information content (AvgIpc) is 2.79. The van der Waals surface area contributed by atoms with Crippen molar-refractivity contribution in [2.45, 2.75) is 61.9 Å². The summed E-state index contributed by atoms with van der Waals surface area (Å²) in [6, 6.07) is 15.0. The first-order chi connectivity index (χ1) is 15.5. The van der Waals surface area contributed by atoms with Crippen molar-refractivity contribution in [2.24, 2.45) is 5.92 Å². The zero-order valence-electron chi connectivity index (χ0n) is 18.2. The van der Waals surface area contributed by atoms with Crippen LogP contribution in [0.1, 0.15) is 54.7 Å². The molecule has 0 amide bonds. The molecular formula is C26H28N2O3S. The van der Waals surface area contributed by atoms with E-state index in [1.165, 1.54) is 32.1 Å². The number of aryl methyl sites for hydroxylation is 1. The van der Waals surface area contributed by atoms with Crippen LogP contribution in [-0.2, 0) is 10.0 Å². The fourth-order valence-corrected chi connectivity index (χ4v) is 6.86. The van der Waals surface area contributed by atoms with Gasteiger partial charge in [0.2, 0.25) is 10.0 Å². The molecule has 1 aliphatic carbocycles. The van der Waals surface area contributed by atoms with Gasteiger partial charge in [-0.3, -0.25) is 0 Å². The van der Waals surface area contributed by atoms with E-state index in [1.54, 1.807) is 31.2 Å². The summed E-state index contributed by atoms with van der Waals surface area (Å²) in [6.45, 7) is 1.38. The van der Waals surface area contributed by atoms with Gasteiger partial charge in [0.25, 0.3) is 0 Å². The van der Waals surface area contributed by atoms with E-state index in [0.717, 1.165) is 15.4 Å². The Bertz CT molecular complexity index is 1170. The first-order valence-corrected chi connectivity index (χ1v) is 12.6. The maximum Gasteiger partial charge on any atom is 0.244 e. The van der Waals surface area contributed by atoms with E-state index >= 15 is 0 Å². The predicted octanol–water partition coefficient (Wildman–Crippen LogP) is 3.97. The molecule has 0 unspecified atom stereocenters. The van der Waals surface area contributed by atoms with E-state index < -0.39 is 22.1 Å². The van der Waals surface area contributed by atoms with E-state index in [0.29, 0.717) is 11.5 Å². The second-order valence-corrected chi connectivity index (χ2v) is 10.5. The van der Waals surface area contributed by atoms with Gasteiger partial charge >= 0.3 is 0 Å². The number of nitrogens with zero attached hydrogens (tertiary/aromatic N) is 2. The van der Waals surface area contributed by atoms with Crippen molar-refractivity contribution < 1.29 is 13.5 Å². The SMILES string of the molecule is Cc1ccccc1S(=O)(=O)N1[C@H](CO)[C@@H](c2ccc(C#CC3CCCCC3)cc2)[C@@H]1C#N. The van der Waals surface area contributed by atoms with E-state index in [1.807, 2.05) is 24.3 Å². The molecule has 32 heavy (non-hydrogen) atoms. The lowest BCUT2D eigenvalue weighted by molar-refractivity contribution is 0.0556. The van der Waals surface area contributed by atoms with Crippen molar-refractivity contribution in [3.63, 3.8) is 0 Å². The Morgan fingerprint density at radius 2 is 1.75 bits per heavy atom. The lowest BCUT2D eigenvalue weighted by Crippen LogP contribution is -2.65. The first kappa shape index (κ1) is 22.6. The number of rotatable bonds is 4. The third-order valence-corrected chi connectivity index (χ3v) is 8.71. The molecule has 5 nitrogen and oxygen atoms in total. The van der Waals surface area contributed by atoms with Crippen molar-refractivity contribution in [3.8, 4) is 17.9 Å². The molecule has 2 aliphatic rings. The lowest BCUT2D eigenvalue weighted by atomic mass is 9.78. The quantitative estimate of drug-likeness (QED) is 0.718. The van der Waals surface area contributed by atoms with Crippen LogP contribution in [0.25, 0.3) is 0 Å². The summed E-state index contributed by atoms with van der Waals surface area (Å²) in [6.07, 6.45) is 6.14. The third-order valence-electron chi connectivity index (χ3n) is 6.65. The summed E-state index contributed by atoms with van der Waals surface area (Å²) >= 11 is 0. The normalized spacial score (nSPS) is 24.1. The smallest absolute Gasteiger partial charge is 0.244 e. The van der Waals surface area contributed by atoms with Gasteiger partial charge in [-0.15, -0.1) is 0 Å². The van der Waals surface area contributed by atoms with Gasteiger partial charge < -0.3 is 5.11 Å². The highest BCUT2D eigenvalue weighted by Crippen LogP contribution is 2.44. The molecule has 2 fully saturated rings. The van der Waals surface area contributed by atoms with Gasteiger partial charge in [0.15, 0.2) is 0 Å². The van der Waals surface area contributed by atoms with Crippen molar-refractivity contribution in [1.82, 2.24) is 4.31 Å². The molecule has 1 saturated heterocycles. The van der Waals surface area contributed by atoms with Crippen LogP contribution in [-0.4, -0.2) is 36.5 Å². The Balaban J connectivity index is 1.56. The number of benzene rings is 2. The van der Waals surface area contributed by atoms with Gasteiger partial charge in [0, 0.05) is 17.4 Å². The van der Waals surface area contributed by atoms with Crippen molar-refractivity contribution in [1.29, 1.82) is 5.26 Å². The molecule has 1 heterocycles. The van der Waals surface area contributed by atoms with Crippen molar-refractivity contribution in [3.05, 3.63) is 65.2 Å². The summed E-state index contributed by atoms with van der Waals surface area (Å²) in [7, 11) is -3.90. The van der Waals surface area contributed by atoms with Crippen molar-refractivity contribution >= 4 is 10.0 Å². The largest absolute Gasteiger partial charge is 0.395 e. The topological polar surface area (TPSA) is 81.4 Å². The highest BCUT2D eigenvalue weighted by Gasteiger charge is 2.55. The number of aliphatic hydroxyl groups excluding tert-OH is 1. The molecule has 0 aromatic heterocycles. The molecule has 1 saturated carbocycles. The summed E-state index contributed by atoms with van der Waals surface area (Å²) in [4.78, 5) is 0.172. The van der Waals surface area contributed by atoms with E-state index in [-0.39, 0.29) is 17.4 Å². The zero-order chi connectivity index (χ0) is 22.7. The zero-order valence-corrected chi connectivity index (χ0v) is 19.1. The average molecular weight is 449 g/mol. The third kappa shape index (κ3) is 4.19. The Morgan fingerprint density at radius 3 is 2.38 bits per heavy atom. The second kappa shape index (κ2) is 9.46. The standard InChI is InChI=1S/C26H28N2O3S/c1-19-7-5-6-10-25(19)32(30,31)28-23(17-27)26(24(28)18-29)22-15-13-21(14-16-22)12-11-20-8-3-2-4-9-20/h5-7,10,13-16,20,23-24,26,29H,2-4,8-9,18H2,1H3/t23-,24+,26-/m0/s1. The van der Waals surface area contributed by atoms with Crippen LogP contribution in [0.4, 0.5) is 0 Å². The molecule has 166 valence electrons. The van der Waals surface area contributed by atoms with Gasteiger partial charge in [-0.1, -0.05) is 61.4 Å². The van der Waals surface area contributed by atoms with E-state index in [9.17, 15) is 18.8 Å². The minimum atomic E-state index is -3.90. The van der Waals surface area contributed by atoms with Crippen LogP contribution in [0.3, 0.4) is 0 Å². The van der Waals surface area contributed by atoms with Gasteiger partial charge in [-0.05, 0) is 49.1 Å². The Morgan fingerprint density at radius 1 is 1.06 bits per heavy atom. The number of nitriles is 1. The molecule has 6 heteroatoms. The van der Waals surface area contributed by atoms with Crippen LogP contribution in [0.2, 0.25) is 0 Å². The Hall–Kier alpha value is -2.64. The summed E-state index contributed by atoms with van der Waals surface area (Å²) < 4.78 is 27.7. The monoisotopic (exact) mass is 448 g/mol. The predicted molar refractivity (Wildman–Crippen MR) is 123 cm³/mol. The second-order valence-electron chi connectivity index (χ2n) is 8.68. The van der Waals surface area contributed by atoms with Gasteiger partial charge in [0.05, 0.1) is 23.6 Å². The molecule has 1 N–H and O–H groups in total. The van der Waals surface area contributed by atoms with Crippen LogP contribution >= 0.6 is 0 Å². The minimum absolute atomic E-state index is 0.172. The van der Waals surface area contributed by atoms with Crippen LogP contribution < -0.4 is 0 Å². The number of aliphatic hydroxyl groups is 1. The Kier molecular flexibility index (Phi) is 6.67. The molecule has 0 radical (unpaired) electrons. The fraction of sp³-hybridized carbons (Fsp3) is 0.423. The molecule has 2 aromatic rings. The van der Waals surface area contributed by atoms with Crippen LogP contribution in [0, 0.1) is 36.0 Å². The maximum absolute atomic E-state index is 13.3. The van der Waals surface area contributed by atoms with Gasteiger partial charge in [-0.25, -0.2) is 8.42 Å². The van der Waals surface area contributed by atoms with Crippen LogP contribution in [0.15, 0.2) is 53.4 Å². The van der Waals surface area contributed by atoms with E-state index in [2.05, 4.69) is 17.9 Å². The molecule has 0 spiro atoms. The molecule has 1 aliphatic heterocycles. The van der Waals surface area contributed by atoms with E-state index in [4.69, 9.17) is 0 Å². The summed E-state index contributed by atoms with van der Waals surface area (Å²) in [5.41, 5.74) is 2.37. The summed E-state index contributed by atoms with van der Waals surface area (Å²) in [5, 5.41) is 19.8. The molecule has 2 aromatic carbocycles. The molecular weight excluding hydrogens is 420 g/mol. The number of hydrogen-bond acceptors (Lipinski definition) is 4. The highest BCUT2D eigenvalue weighted by atomic mass is 32.2.